The summed E-state index contributed by atoms with van der Waals surface area (Å²) in [5.74, 6) is -3.73. The van der Waals surface area contributed by atoms with Crippen molar-refractivity contribution in [3.05, 3.63) is 66.2 Å². The Morgan fingerprint density at radius 2 is 1.65 bits per heavy atom. The van der Waals surface area contributed by atoms with E-state index in [1.165, 1.54) is 28.0 Å². The number of likely N-dealkylation sites (tertiary alicyclic amines) is 1. The zero-order valence-electron chi connectivity index (χ0n) is 19.2. The molecule has 0 bridgehead atoms. The lowest BCUT2D eigenvalue weighted by atomic mass is 9.89. The molecule has 14 heteroatoms. The highest BCUT2D eigenvalue weighted by atomic mass is 19.4. The zero-order valence-corrected chi connectivity index (χ0v) is 19.2. The number of hydrogen-bond acceptors (Lipinski definition) is 6. The zero-order chi connectivity index (χ0) is 27.2. The summed E-state index contributed by atoms with van der Waals surface area (Å²) in [6.07, 6.45) is -4.29. The molecular formula is C23H23F5N6O3. The van der Waals surface area contributed by atoms with Crippen molar-refractivity contribution in [2.24, 2.45) is 5.73 Å². The van der Waals surface area contributed by atoms with Crippen molar-refractivity contribution in [1.29, 1.82) is 0 Å². The van der Waals surface area contributed by atoms with E-state index >= 15 is 0 Å². The number of alkyl halides is 4. The first-order valence-electron chi connectivity index (χ1n) is 11.0. The Bertz CT molecular complexity index is 1170. The summed E-state index contributed by atoms with van der Waals surface area (Å²) in [7, 11) is 0. The van der Waals surface area contributed by atoms with Crippen LogP contribution in [-0.4, -0.2) is 73.6 Å². The van der Waals surface area contributed by atoms with Crippen LogP contribution in [0.2, 0.25) is 0 Å². The molecule has 198 valence electrons. The van der Waals surface area contributed by atoms with E-state index in [0.29, 0.717) is 19.5 Å². The van der Waals surface area contributed by atoms with Gasteiger partial charge in [-0.05, 0) is 45.7 Å². The van der Waals surface area contributed by atoms with Crippen LogP contribution in [0.4, 0.5) is 22.0 Å². The largest absolute Gasteiger partial charge is 0.490 e. The van der Waals surface area contributed by atoms with Crippen molar-refractivity contribution in [1.82, 2.24) is 25.1 Å². The van der Waals surface area contributed by atoms with Gasteiger partial charge in [0, 0.05) is 12.5 Å². The summed E-state index contributed by atoms with van der Waals surface area (Å²) >= 11 is 0. The van der Waals surface area contributed by atoms with E-state index in [4.69, 9.17) is 15.6 Å². The van der Waals surface area contributed by atoms with E-state index in [2.05, 4.69) is 15.5 Å². The minimum Gasteiger partial charge on any atom is -0.475 e. The summed E-state index contributed by atoms with van der Waals surface area (Å²) < 4.78 is 60.0. The number of aromatic nitrogens is 4. The van der Waals surface area contributed by atoms with Crippen molar-refractivity contribution in [3.63, 3.8) is 0 Å². The molecule has 9 nitrogen and oxygen atoms in total. The highest BCUT2D eigenvalue weighted by Crippen LogP contribution is 2.27. The number of rotatable bonds is 6. The lowest BCUT2D eigenvalue weighted by Gasteiger charge is -2.27. The van der Waals surface area contributed by atoms with Crippen molar-refractivity contribution < 1.29 is 36.6 Å². The van der Waals surface area contributed by atoms with E-state index in [-0.39, 0.29) is 18.3 Å². The van der Waals surface area contributed by atoms with Gasteiger partial charge in [-0.25, -0.2) is 18.3 Å². The van der Waals surface area contributed by atoms with Crippen LogP contribution in [0.25, 0.3) is 11.1 Å². The van der Waals surface area contributed by atoms with Crippen LogP contribution in [0.1, 0.15) is 17.9 Å². The van der Waals surface area contributed by atoms with Gasteiger partial charge in [-0.2, -0.15) is 13.2 Å². The summed E-state index contributed by atoms with van der Waals surface area (Å²) in [5.41, 5.74) is 9.00. The maximum Gasteiger partial charge on any atom is 0.490 e. The number of nitrogens with zero attached hydrogens (tertiary/aromatic N) is 5. The van der Waals surface area contributed by atoms with E-state index in [1.807, 2.05) is 24.3 Å². The fraction of sp³-hybridized carbons (Fsp3) is 0.348. The molecule has 3 aromatic rings. The molecule has 1 fully saturated rings. The lowest BCUT2D eigenvalue weighted by Crippen LogP contribution is -2.47. The number of amides is 1. The number of carboxylic acid groups (broad SMARTS) is 1. The highest BCUT2D eigenvalue weighted by Gasteiger charge is 2.38. The Kier molecular flexibility index (Phi) is 8.86. The van der Waals surface area contributed by atoms with E-state index in [1.54, 1.807) is 12.1 Å². The summed E-state index contributed by atoms with van der Waals surface area (Å²) in [6, 6.07) is 13.0. The first kappa shape index (κ1) is 27.6. The van der Waals surface area contributed by atoms with Gasteiger partial charge in [0.05, 0.1) is 19.1 Å². The van der Waals surface area contributed by atoms with Gasteiger partial charge in [-0.1, -0.05) is 36.4 Å². The average molecular weight is 526 g/mol. The highest BCUT2D eigenvalue weighted by molar-refractivity contribution is 5.83. The second-order valence-electron chi connectivity index (χ2n) is 8.27. The number of nitrogens with two attached hydrogens (primary N) is 1. The first-order chi connectivity index (χ1) is 17.5. The second-order valence-corrected chi connectivity index (χ2v) is 8.27. The predicted molar refractivity (Wildman–Crippen MR) is 120 cm³/mol. The van der Waals surface area contributed by atoms with Crippen LogP contribution in [-0.2, 0) is 16.1 Å². The first-order valence-corrected chi connectivity index (χ1v) is 11.0. The van der Waals surface area contributed by atoms with Crippen LogP contribution < -0.4 is 5.73 Å². The third-order valence-electron chi connectivity index (χ3n) is 5.70. The topological polar surface area (TPSA) is 127 Å². The Hall–Kier alpha value is -3.94. The molecule has 4 rings (SSSR count). The Morgan fingerprint density at radius 3 is 2.11 bits per heavy atom. The second kappa shape index (κ2) is 11.9. The molecule has 3 N–H and O–H groups in total. The summed E-state index contributed by atoms with van der Waals surface area (Å²) in [4.78, 5) is 23.3. The van der Waals surface area contributed by atoms with E-state index in [0.717, 1.165) is 16.7 Å². The van der Waals surface area contributed by atoms with Gasteiger partial charge < -0.3 is 15.7 Å². The molecule has 0 spiro atoms. The Balaban J connectivity index is 0.000000479. The van der Waals surface area contributed by atoms with E-state index < -0.39 is 30.3 Å². The van der Waals surface area contributed by atoms with Gasteiger partial charge in [0.15, 0.2) is 0 Å². The number of halogens is 5. The van der Waals surface area contributed by atoms with Gasteiger partial charge in [-0.15, -0.1) is 5.10 Å². The average Bonchev–Trinajstić information content (AvgIpc) is 3.54. The summed E-state index contributed by atoms with van der Waals surface area (Å²) in [5, 5.41) is 18.3. The fourth-order valence-corrected chi connectivity index (χ4v) is 3.76. The molecule has 0 saturated carbocycles. The standard InChI is InChI=1S/C21H22F2N6O.C2HF3O2/c22-17-7-5-15(6-8-17)14-1-3-16(4-2-14)19(12-29-13-25-26-27-29)20(24)21(30)28-10-9-18(23)11-28;3-2(4,5)1(6)7/h1-8,13,18-20H,9-12,24H2;(H,6,7)/t18-,19-,20-;/m0./s1. The molecule has 1 aliphatic rings. The number of aliphatic carboxylic acids is 1. The Morgan fingerprint density at radius 1 is 1.08 bits per heavy atom. The molecule has 37 heavy (non-hydrogen) atoms. The SMILES string of the molecule is N[C@H](C(=O)N1CC[C@H](F)C1)[C@@H](Cn1cnnn1)c1ccc(-c2ccc(F)cc2)cc1.O=C(O)C(F)(F)F. The molecule has 1 saturated heterocycles. The maximum absolute atomic E-state index is 13.6. The smallest absolute Gasteiger partial charge is 0.475 e. The van der Waals surface area contributed by atoms with Crippen LogP contribution in [0.3, 0.4) is 0 Å². The maximum atomic E-state index is 13.6. The van der Waals surface area contributed by atoms with Gasteiger partial charge in [0.1, 0.15) is 18.3 Å². The molecule has 1 aromatic heterocycles. The molecule has 1 amide bonds. The van der Waals surface area contributed by atoms with Gasteiger partial charge in [0.25, 0.3) is 0 Å². The molecule has 0 aliphatic carbocycles. The van der Waals surface area contributed by atoms with Crippen molar-refractivity contribution >= 4 is 11.9 Å². The van der Waals surface area contributed by atoms with Crippen LogP contribution in [0, 0.1) is 5.82 Å². The summed E-state index contributed by atoms with van der Waals surface area (Å²) in [6.45, 7) is 0.755. The molecule has 0 unspecified atom stereocenters. The number of hydrogen-bond donors (Lipinski definition) is 2. The predicted octanol–water partition coefficient (Wildman–Crippen LogP) is 2.79. The number of benzene rings is 2. The van der Waals surface area contributed by atoms with E-state index in [9.17, 15) is 26.7 Å². The number of carbonyl (C=O) groups excluding carboxylic acids is 1. The Labute approximate surface area is 207 Å². The number of tetrazole rings is 1. The molecule has 1 aliphatic heterocycles. The van der Waals surface area contributed by atoms with Gasteiger partial charge in [0.2, 0.25) is 5.91 Å². The molecular weight excluding hydrogens is 503 g/mol. The fourth-order valence-electron chi connectivity index (χ4n) is 3.76. The molecule has 2 aromatic carbocycles. The number of carbonyl (C=O) groups is 2. The van der Waals surface area contributed by atoms with Crippen LogP contribution in [0.5, 0.6) is 0 Å². The van der Waals surface area contributed by atoms with Crippen LogP contribution in [0.15, 0.2) is 54.9 Å². The molecule has 3 atom stereocenters. The van der Waals surface area contributed by atoms with Gasteiger partial charge in [-0.3, -0.25) is 4.79 Å². The minimum absolute atomic E-state index is 0.0770. The third kappa shape index (κ3) is 7.52. The van der Waals surface area contributed by atoms with Crippen LogP contribution >= 0.6 is 0 Å². The van der Waals surface area contributed by atoms with Crippen molar-refractivity contribution in [2.75, 3.05) is 13.1 Å². The molecule has 0 radical (unpaired) electrons. The quantitative estimate of drug-likeness (QED) is 0.473. The third-order valence-corrected chi connectivity index (χ3v) is 5.70. The van der Waals surface area contributed by atoms with Crippen molar-refractivity contribution in [3.8, 4) is 11.1 Å². The van der Waals surface area contributed by atoms with Crippen molar-refractivity contribution in [2.45, 2.75) is 37.3 Å². The minimum atomic E-state index is -5.08. The molecule has 2 heterocycles. The number of carboxylic acids is 1. The monoisotopic (exact) mass is 526 g/mol. The normalized spacial score (nSPS) is 17.0. The van der Waals surface area contributed by atoms with Gasteiger partial charge >= 0.3 is 12.1 Å². The lowest BCUT2D eigenvalue weighted by molar-refractivity contribution is -0.192.